The number of rotatable bonds is 4. The number of benzene rings is 4. The van der Waals surface area contributed by atoms with E-state index in [0.29, 0.717) is 0 Å². The molecule has 1 fully saturated rings. The van der Waals surface area contributed by atoms with E-state index in [1.54, 1.807) is 0 Å². The summed E-state index contributed by atoms with van der Waals surface area (Å²) < 4.78 is 0. The van der Waals surface area contributed by atoms with E-state index in [-0.39, 0.29) is 10.8 Å². The van der Waals surface area contributed by atoms with Gasteiger partial charge in [-0.05, 0) is 27.8 Å². The van der Waals surface area contributed by atoms with Crippen molar-refractivity contribution in [3.8, 4) is 0 Å². The number of aliphatic imine (C=N–C) groups is 1. The Morgan fingerprint density at radius 1 is 0.625 bits per heavy atom. The highest BCUT2D eigenvalue weighted by Crippen LogP contribution is 2.81. The van der Waals surface area contributed by atoms with Crippen LogP contribution in [0.25, 0.3) is 6.08 Å². The fourth-order valence-corrected chi connectivity index (χ4v) is 6.23. The van der Waals surface area contributed by atoms with Gasteiger partial charge in [-0.25, -0.2) is 0 Å². The minimum atomic E-state index is -0.401. The van der Waals surface area contributed by atoms with E-state index in [1.165, 1.54) is 27.8 Å². The van der Waals surface area contributed by atoms with Crippen LogP contribution in [0.15, 0.2) is 126 Å². The first-order valence-electron chi connectivity index (χ1n) is 11.2. The molecule has 0 unspecified atom stereocenters. The van der Waals surface area contributed by atoms with E-state index in [2.05, 4.69) is 141 Å². The van der Waals surface area contributed by atoms with Gasteiger partial charge in [-0.15, -0.1) is 0 Å². The van der Waals surface area contributed by atoms with Crippen molar-refractivity contribution in [1.82, 2.24) is 0 Å². The summed E-state index contributed by atoms with van der Waals surface area (Å²) in [6, 6.07) is 41.1. The molecule has 1 saturated carbocycles. The molecule has 0 N–H and O–H groups in total. The van der Waals surface area contributed by atoms with Crippen LogP contribution in [0.3, 0.4) is 0 Å². The van der Waals surface area contributed by atoms with Crippen LogP contribution in [0.1, 0.15) is 34.7 Å². The molecule has 0 bridgehead atoms. The second-order valence-electron chi connectivity index (χ2n) is 8.96. The van der Waals surface area contributed by atoms with E-state index < -0.39 is 5.54 Å². The van der Waals surface area contributed by atoms with Crippen molar-refractivity contribution in [3.63, 3.8) is 0 Å². The molecule has 4 aromatic carbocycles. The lowest BCUT2D eigenvalue weighted by atomic mass is 9.80. The molecule has 1 aliphatic heterocycles. The SMILES string of the molecule is C[C@@]12c3ccccc3C=N[C@]1(c1ccccc1)[C@]2(/C=C/c1ccccc1)c1ccccc1. The first-order chi connectivity index (χ1) is 15.7. The first kappa shape index (κ1) is 19.0. The molecule has 1 aliphatic carbocycles. The Morgan fingerprint density at radius 2 is 1.19 bits per heavy atom. The normalized spacial score (nSPS) is 27.7. The Balaban J connectivity index is 1.68. The van der Waals surface area contributed by atoms with Crippen molar-refractivity contribution in [2.75, 3.05) is 0 Å². The molecule has 4 aromatic rings. The van der Waals surface area contributed by atoms with Crippen molar-refractivity contribution in [2.45, 2.75) is 23.3 Å². The monoisotopic (exact) mass is 411 g/mol. The molecular weight excluding hydrogens is 386 g/mol. The zero-order valence-electron chi connectivity index (χ0n) is 18.1. The Bertz CT molecular complexity index is 1320. The van der Waals surface area contributed by atoms with Crippen molar-refractivity contribution < 1.29 is 0 Å². The Kier molecular flexibility index (Phi) is 4.10. The van der Waals surface area contributed by atoms with Gasteiger partial charge in [-0.3, -0.25) is 4.99 Å². The molecule has 1 nitrogen and oxygen atoms in total. The zero-order chi connectivity index (χ0) is 21.7. The van der Waals surface area contributed by atoms with Crippen molar-refractivity contribution >= 4 is 12.3 Å². The van der Waals surface area contributed by atoms with Crippen molar-refractivity contribution in [1.29, 1.82) is 0 Å². The topological polar surface area (TPSA) is 12.4 Å². The Labute approximate surface area is 189 Å². The summed E-state index contributed by atoms with van der Waals surface area (Å²) in [6.07, 6.45) is 6.79. The Hall–Kier alpha value is -3.71. The maximum atomic E-state index is 5.38. The number of hydrogen-bond donors (Lipinski definition) is 0. The first-order valence-corrected chi connectivity index (χ1v) is 11.2. The van der Waals surface area contributed by atoms with Crippen molar-refractivity contribution in [3.05, 3.63) is 149 Å². The molecule has 0 saturated heterocycles. The smallest absolute Gasteiger partial charge is 0.110 e. The minimum absolute atomic E-state index is 0.209. The van der Waals surface area contributed by atoms with Crippen LogP contribution in [-0.2, 0) is 16.4 Å². The predicted molar refractivity (Wildman–Crippen MR) is 133 cm³/mol. The van der Waals surface area contributed by atoms with E-state index >= 15 is 0 Å². The van der Waals surface area contributed by atoms with Crippen LogP contribution in [0.5, 0.6) is 0 Å². The lowest BCUT2D eigenvalue weighted by molar-refractivity contribution is 0.588. The molecule has 0 spiro atoms. The summed E-state index contributed by atoms with van der Waals surface area (Å²) in [5.41, 5.74) is 5.42. The van der Waals surface area contributed by atoms with E-state index in [4.69, 9.17) is 4.99 Å². The van der Waals surface area contributed by atoms with Gasteiger partial charge in [-0.1, -0.05) is 134 Å². The van der Waals surface area contributed by atoms with Crippen LogP contribution in [-0.4, -0.2) is 6.21 Å². The van der Waals surface area contributed by atoms with Gasteiger partial charge in [0.2, 0.25) is 0 Å². The molecular formula is C31H25N. The number of nitrogens with zero attached hydrogens (tertiary/aromatic N) is 1. The summed E-state index contributed by atoms with van der Waals surface area (Å²) in [7, 11) is 0. The second kappa shape index (κ2) is 6.90. The molecule has 3 atom stereocenters. The van der Waals surface area contributed by atoms with Gasteiger partial charge in [0.1, 0.15) is 5.54 Å². The summed E-state index contributed by atoms with van der Waals surface area (Å²) in [5.74, 6) is 0. The average Bonchev–Trinajstić information content (AvgIpc) is 3.39. The zero-order valence-corrected chi connectivity index (χ0v) is 18.1. The minimum Gasteiger partial charge on any atom is -0.279 e. The largest absolute Gasteiger partial charge is 0.279 e. The van der Waals surface area contributed by atoms with E-state index in [9.17, 15) is 0 Å². The molecule has 2 aliphatic rings. The van der Waals surface area contributed by atoms with E-state index in [1.807, 2.05) is 0 Å². The van der Waals surface area contributed by atoms with Gasteiger partial charge >= 0.3 is 0 Å². The molecule has 6 rings (SSSR count). The Morgan fingerprint density at radius 3 is 1.88 bits per heavy atom. The van der Waals surface area contributed by atoms with Gasteiger partial charge in [0.25, 0.3) is 0 Å². The van der Waals surface area contributed by atoms with Crippen LogP contribution in [0, 0.1) is 0 Å². The number of hydrogen-bond acceptors (Lipinski definition) is 1. The standard InChI is InChI=1S/C31H25N/c1-29-28-20-12-11-15-25(28)23-32-31(29,27-18-9-4-10-19-27)30(29,26-16-7-3-8-17-26)22-21-24-13-5-2-6-14-24/h2-23H,1H3/b22-21+/t29-,30+,31-/m0/s1. The maximum Gasteiger partial charge on any atom is 0.110 e. The molecule has 1 heteroatoms. The summed E-state index contributed by atoms with van der Waals surface area (Å²) in [5, 5.41) is 0. The lowest BCUT2D eigenvalue weighted by Crippen LogP contribution is -2.23. The molecule has 32 heavy (non-hydrogen) atoms. The molecule has 154 valence electrons. The van der Waals surface area contributed by atoms with Gasteiger partial charge in [0, 0.05) is 11.6 Å². The summed E-state index contributed by atoms with van der Waals surface area (Å²) >= 11 is 0. The summed E-state index contributed by atoms with van der Waals surface area (Å²) in [4.78, 5) is 5.38. The quantitative estimate of drug-likeness (QED) is 0.345. The molecule has 0 aromatic heterocycles. The van der Waals surface area contributed by atoms with Crippen LogP contribution < -0.4 is 0 Å². The fourth-order valence-electron chi connectivity index (χ4n) is 6.23. The fraction of sp³-hybridized carbons (Fsp3) is 0.129. The van der Waals surface area contributed by atoms with Crippen LogP contribution in [0.2, 0.25) is 0 Å². The average molecular weight is 412 g/mol. The van der Waals surface area contributed by atoms with Gasteiger partial charge in [-0.2, -0.15) is 0 Å². The maximum absolute atomic E-state index is 5.38. The van der Waals surface area contributed by atoms with Crippen LogP contribution >= 0.6 is 0 Å². The van der Waals surface area contributed by atoms with E-state index in [0.717, 1.165) is 0 Å². The molecule has 0 amide bonds. The van der Waals surface area contributed by atoms with Gasteiger partial charge in [0.15, 0.2) is 0 Å². The van der Waals surface area contributed by atoms with Crippen molar-refractivity contribution in [2.24, 2.45) is 4.99 Å². The summed E-state index contributed by atoms with van der Waals surface area (Å²) in [6.45, 7) is 2.40. The van der Waals surface area contributed by atoms with Gasteiger partial charge < -0.3 is 0 Å². The molecule has 0 radical (unpaired) electrons. The highest BCUT2D eigenvalue weighted by atomic mass is 15.1. The lowest BCUT2D eigenvalue weighted by Gasteiger charge is -2.25. The third-order valence-corrected chi connectivity index (χ3v) is 7.66. The third-order valence-electron chi connectivity index (χ3n) is 7.66. The number of fused-ring (bicyclic) bond motifs is 3. The second-order valence-corrected chi connectivity index (χ2v) is 8.96. The predicted octanol–water partition coefficient (Wildman–Crippen LogP) is 6.94. The van der Waals surface area contributed by atoms with Gasteiger partial charge in [0.05, 0.1) is 5.41 Å². The van der Waals surface area contributed by atoms with Crippen LogP contribution in [0.4, 0.5) is 0 Å². The third kappa shape index (κ3) is 2.26. The highest BCUT2D eigenvalue weighted by molar-refractivity contribution is 5.90. The highest BCUT2D eigenvalue weighted by Gasteiger charge is 2.86. The molecule has 1 heterocycles.